The van der Waals surface area contributed by atoms with Crippen molar-refractivity contribution in [2.45, 2.75) is 32.2 Å². The van der Waals surface area contributed by atoms with E-state index >= 15 is 0 Å². The van der Waals surface area contributed by atoms with Crippen molar-refractivity contribution in [1.29, 1.82) is 0 Å². The summed E-state index contributed by atoms with van der Waals surface area (Å²) >= 11 is 1.93. The molecule has 1 atom stereocenters. The van der Waals surface area contributed by atoms with Crippen LogP contribution < -0.4 is 5.32 Å². The Morgan fingerprint density at radius 1 is 1.64 bits per heavy atom. The molecule has 2 nitrogen and oxygen atoms in total. The van der Waals surface area contributed by atoms with Gasteiger partial charge in [0, 0.05) is 36.9 Å². The number of hydrogen-bond donors (Lipinski definition) is 1. The summed E-state index contributed by atoms with van der Waals surface area (Å²) in [5, 5.41) is 3.37. The highest BCUT2D eigenvalue weighted by atomic mass is 32.2. The zero-order valence-electron chi connectivity index (χ0n) is 8.84. The SMILES string of the molecule is C=C(CC)CC(=O)CC1CSCCN1. The standard InChI is InChI=1S/C11H19NOS/c1-3-9(2)6-11(13)7-10-8-14-5-4-12-10/h10,12H,2-8H2,1H3. The molecule has 0 amide bonds. The molecule has 0 aliphatic carbocycles. The Balaban J connectivity index is 2.21. The van der Waals surface area contributed by atoms with E-state index in [0.717, 1.165) is 24.3 Å². The summed E-state index contributed by atoms with van der Waals surface area (Å²) in [6.07, 6.45) is 2.16. The predicted molar refractivity (Wildman–Crippen MR) is 62.8 cm³/mol. The number of carbonyl (C=O) groups is 1. The summed E-state index contributed by atoms with van der Waals surface area (Å²) in [5.74, 6) is 2.58. The minimum atomic E-state index is 0.330. The lowest BCUT2D eigenvalue weighted by atomic mass is 10.0. The van der Waals surface area contributed by atoms with Gasteiger partial charge in [0.15, 0.2) is 0 Å². The fourth-order valence-electron chi connectivity index (χ4n) is 1.50. The van der Waals surface area contributed by atoms with Crippen LogP contribution in [0.5, 0.6) is 0 Å². The lowest BCUT2D eigenvalue weighted by molar-refractivity contribution is -0.118. The number of allylic oxidation sites excluding steroid dienone is 1. The summed E-state index contributed by atoms with van der Waals surface area (Å²) in [6, 6.07) is 0.394. The predicted octanol–water partition coefficient (Wildman–Crippen LogP) is 2.01. The fraction of sp³-hybridized carbons (Fsp3) is 0.727. The molecule has 3 heteroatoms. The van der Waals surface area contributed by atoms with Crippen LogP contribution in [0.2, 0.25) is 0 Å². The number of nitrogens with one attached hydrogen (secondary N) is 1. The summed E-state index contributed by atoms with van der Waals surface area (Å²) in [4.78, 5) is 11.6. The van der Waals surface area contributed by atoms with Gasteiger partial charge in [-0.15, -0.1) is 0 Å². The minimum Gasteiger partial charge on any atom is -0.312 e. The van der Waals surface area contributed by atoms with Crippen molar-refractivity contribution < 1.29 is 4.79 Å². The van der Waals surface area contributed by atoms with Crippen LogP contribution in [0.25, 0.3) is 0 Å². The van der Waals surface area contributed by atoms with Gasteiger partial charge in [-0.2, -0.15) is 11.8 Å². The highest BCUT2D eigenvalue weighted by Gasteiger charge is 2.16. The van der Waals surface area contributed by atoms with Crippen molar-refractivity contribution in [2.75, 3.05) is 18.1 Å². The molecule has 1 aliphatic heterocycles. The van der Waals surface area contributed by atoms with Gasteiger partial charge in [0.2, 0.25) is 0 Å². The average molecular weight is 213 g/mol. The molecule has 1 unspecified atom stereocenters. The molecule has 0 aromatic rings. The van der Waals surface area contributed by atoms with Crippen molar-refractivity contribution in [3.05, 3.63) is 12.2 Å². The Kier molecular flexibility index (Phi) is 5.26. The smallest absolute Gasteiger partial charge is 0.138 e. The van der Waals surface area contributed by atoms with Gasteiger partial charge in [0.25, 0.3) is 0 Å². The van der Waals surface area contributed by atoms with Gasteiger partial charge in [-0.25, -0.2) is 0 Å². The van der Waals surface area contributed by atoms with Crippen molar-refractivity contribution in [2.24, 2.45) is 0 Å². The van der Waals surface area contributed by atoms with Crippen LogP contribution in [0.4, 0.5) is 0 Å². The molecule has 0 aromatic carbocycles. The third-order valence-electron chi connectivity index (χ3n) is 2.42. The van der Waals surface area contributed by atoms with Gasteiger partial charge in [-0.1, -0.05) is 19.1 Å². The van der Waals surface area contributed by atoms with Crippen molar-refractivity contribution >= 4 is 17.5 Å². The maximum absolute atomic E-state index is 11.6. The zero-order valence-corrected chi connectivity index (χ0v) is 9.66. The van der Waals surface area contributed by atoms with Crippen LogP contribution in [0.15, 0.2) is 12.2 Å². The number of Topliss-reactive ketones (excluding diaryl/α,β-unsaturated/α-hetero) is 1. The zero-order chi connectivity index (χ0) is 10.4. The largest absolute Gasteiger partial charge is 0.312 e. The number of hydrogen-bond acceptors (Lipinski definition) is 3. The van der Waals surface area contributed by atoms with Gasteiger partial charge in [0.1, 0.15) is 5.78 Å². The van der Waals surface area contributed by atoms with Crippen molar-refractivity contribution in [1.82, 2.24) is 5.32 Å². The first-order chi connectivity index (χ1) is 6.72. The Hall–Kier alpha value is -0.280. The van der Waals surface area contributed by atoms with E-state index in [2.05, 4.69) is 11.9 Å². The number of rotatable bonds is 5. The minimum absolute atomic E-state index is 0.330. The Morgan fingerprint density at radius 3 is 3.00 bits per heavy atom. The monoisotopic (exact) mass is 213 g/mol. The average Bonchev–Trinajstić information content (AvgIpc) is 2.19. The first-order valence-electron chi connectivity index (χ1n) is 5.22. The van der Waals surface area contributed by atoms with Crippen LogP contribution in [0, 0.1) is 0 Å². The highest BCUT2D eigenvalue weighted by Crippen LogP contribution is 2.13. The molecule has 0 saturated carbocycles. The van der Waals surface area contributed by atoms with E-state index in [9.17, 15) is 4.79 Å². The molecule has 80 valence electrons. The molecule has 1 N–H and O–H groups in total. The number of ketones is 1. The van der Waals surface area contributed by atoms with E-state index < -0.39 is 0 Å². The third-order valence-corrected chi connectivity index (χ3v) is 3.55. The highest BCUT2D eigenvalue weighted by molar-refractivity contribution is 7.99. The Labute approximate surface area is 90.5 Å². The molecule has 0 radical (unpaired) electrons. The van der Waals surface area contributed by atoms with E-state index in [4.69, 9.17) is 0 Å². The second kappa shape index (κ2) is 6.25. The van der Waals surface area contributed by atoms with Gasteiger partial charge in [-0.05, 0) is 6.42 Å². The first kappa shape index (κ1) is 11.8. The molecule has 14 heavy (non-hydrogen) atoms. The maximum Gasteiger partial charge on any atom is 0.138 e. The van der Waals surface area contributed by atoms with Crippen molar-refractivity contribution in [3.8, 4) is 0 Å². The van der Waals surface area contributed by atoms with E-state index in [1.54, 1.807) is 0 Å². The molecular formula is C11H19NOS. The van der Waals surface area contributed by atoms with Crippen LogP contribution in [-0.2, 0) is 4.79 Å². The quantitative estimate of drug-likeness (QED) is 0.708. The molecule has 0 aromatic heterocycles. The third kappa shape index (κ3) is 4.29. The number of carbonyl (C=O) groups excluding carboxylic acids is 1. The van der Waals surface area contributed by atoms with E-state index in [1.807, 2.05) is 18.7 Å². The summed E-state index contributed by atoms with van der Waals surface area (Å²) < 4.78 is 0. The Morgan fingerprint density at radius 2 is 2.43 bits per heavy atom. The molecule has 1 rings (SSSR count). The normalized spacial score (nSPS) is 21.9. The molecule has 0 spiro atoms. The van der Waals surface area contributed by atoms with E-state index in [-0.39, 0.29) is 0 Å². The molecule has 0 bridgehead atoms. The van der Waals surface area contributed by atoms with Crippen molar-refractivity contribution in [3.63, 3.8) is 0 Å². The summed E-state index contributed by atoms with van der Waals surface area (Å²) in [5.41, 5.74) is 1.05. The lowest BCUT2D eigenvalue weighted by Gasteiger charge is -2.22. The molecule has 1 heterocycles. The maximum atomic E-state index is 11.6. The molecule has 1 fully saturated rings. The summed E-state index contributed by atoms with van der Waals surface area (Å²) in [6.45, 7) is 6.94. The van der Waals surface area contributed by atoms with Gasteiger partial charge >= 0.3 is 0 Å². The fourth-order valence-corrected chi connectivity index (χ4v) is 2.45. The van der Waals surface area contributed by atoms with E-state index in [1.165, 1.54) is 5.75 Å². The van der Waals surface area contributed by atoms with Gasteiger partial charge in [0.05, 0.1) is 0 Å². The van der Waals surface area contributed by atoms with Crippen LogP contribution in [0.3, 0.4) is 0 Å². The second-order valence-corrected chi connectivity index (χ2v) is 4.90. The number of thioether (sulfide) groups is 1. The molecular weight excluding hydrogens is 194 g/mol. The van der Waals surface area contributed by atoms with Crippen LogP contribution in [0.1, 0.15) is 26.2 Å². The van der Waals surface area contributed by atoms with Gasteiger partial charge < -0.3 is 5.32 Å². The molecule has 1 saturated heterocycles. The lowest BCUT2D eigenvalue weighted by Crippen LogP contribution is -2.38. The second-order valence-electron chi connectivity index (χ2n) is 3.75. The topological polar surface area (TPSA) is 29.1 Å². The summed E-state index contributed by atoms with van der Waals surface area (Å²) in [7, 11) is 0. The van der Waals surface area contributed by atoms with Crippen LogP contribution in [-0.4, -0.2) is 29.9 Å². The Bertz CT molecular complexity index is 209. The van der Waals surface area contributed by atoms with Crippen LogP contribution >= 0.6 is 11.8 Å². The first-order valence-corrected chi connectivity index (χ1v) is 6.37. The van der Waals surface area contributed by atoms with Gasteiger partial charge in [-0.3, -0.25) is 4.79 Å². The molecule has 1 aliphatic rings. The van der Waals surface area contributed by atoms with E-state index in [0.29, 0.717) is 24.7 Å².